The largest absolute Gasteiger partial charge is 0.458 e. The molecule has 4 aromatic carbocycles. The van der Waals surface area contributed by atoms with Crippen LogP contribution in [0.25, 0.3) is 28.3 Å². The van der Waals surface area contributed by atoms with Gasteiger partial charge in [0.15, 0.2) is 13.0 Å². The fourth-order valence-electron chi connectivity index (χ4n) is 4.25. The number of aromatic nitrogens is 1. The lowest BCUT2D eigenvalue weighted by atomic mass is 10.1. The SMILES string of the molecule is [2H]N1/C(=C\C(=C\c2oc3ccc(-c4ccccc4)cc3[n+]2[2H])CC)Oc2ccc(C(=O)Nc3ccccc3)cc21. The van der Waals surface area contributed by atoms with E-state index in [1.165, 1.54) is 4.98 Å². The average Bonchev–Trinajstić information content (AvgIpc) is 3.48. The van der Waals surface area contributed by atoms with Crippen LogP contribution < -0.4 is 20.3 Å². The predicted molar refractivity (Wildman–Crippen MR) is 150 cm³/mol. The maximum atomic E-state index is 12.8. The Kier molecular flexibility index (Phi) is 5.59. The molecule has 0 saturated heterocycles. The Hall–Kier alpha value is -5.10. The first-order chi connectivity index (χ1) is 19.5. The number of benzene rings is 4. The lowest BCUT2D eigenvalue weighted by Crippen LogP contribution is -2.11. The van der Waals surface area contributed by atoms with Crippen molar-refractivity contribution < 1.29 is 21.7 Å². The minimum atomic E-state index is -0.269. The van der Waals surface area contributed by atoms with Gasteiger partial charge in [0.05, 0.1) is 11.8 Å². The highest BCUT2D eigenvalue weighted by Crippen LogP contribution is 2.35. The second kappa shape index (κ2) is 10.1. The van der Waals surface area contributed by atoms with Crippen LogP contribution in [0.15, 0.2) is 119 Å². The van der Waals surface area contributed by atoms with Crippen LogP contribution in [0.3, 0.4) is 0 Å². The first-order valence-electron chi connectivity index (χ1n) is 13.3. The van der Waals surface area contributed by atoms with Crippen molar-refractivity contribution in [1.29, 1.82) is 0 Å². The number of amides is 1. The van der Waals surface area contributed by atoms with Crippen molar-refractivity contribution in [2.24, 2.45) is 0 Å². The van der Waals surface area contributed by atoms with Crippen LogP contribution in [0.5, 0.6) is 5.75 Å². The van der Waals surface area contributed by atoms with Gasteiger partial charge in [-0.25, -0.2) is 0 Å². The maximum Gasteiger partial charge on any atom is 0.458 e. The molecule has 6 nitrogen and oxygen atoms in total. The van der Waals surface area contributed by atoms with E-state index in [9.17, 15) is 4.79 Å². The van der Waals surface area contributed by atoms with Crippen LogP contribution >= 0.6 is 0 Å². The maximum absolute atomic E-state index is 12.8. The van der Waals surface area contributed by atoms with Crippen molar-refractivity contribution in [2.45, 2.75) is 13.3 Å². The number of hydrogen-bond acceptors (Lipinski definition) is 4. The van der Waals surface area contributed by atoms with E-state index in [0.29, 0.717) is 52.0 Å². The third kappa shape index (κ3) is 4.92. The quantitative estimate of drug-likeness (QED) is 0.255. The number of carbonyl (C=O) groups excluding carboxylic acids is 1. The average molecular weight is 503 g/mol. The Morgan fingerprint density at radius 3 is 2.58 bits per heavy atom. The molecule has 3 N–H and O–H groups in total. The lowest BCUT2D eigenvalue weighted by Gasteiger charge is -2.05. The third-order valence-electron chi connectivity index (χ3n) is 6.24. The number of fused-ring (bicyclic) bond motifs is 2. The molecule has 186 valence electrons. The number of ether oxygens (including phenoxy) is 1. The van der Waals surface area contributed by atoms with Crippen LogP contribution in [0.1, 0.15) is 29.6 Å². The molecule has 2 heterocycles. The molecule has 0 atom stereocenters. The van der Waals surface area contributed by atoms with Gasteiger partial charge in [-0.1, -0.05) is 61.5 Å². The number of para-hydroxylation sites is 1. The topological polar surface area (TPSA) is 77.6 Å². The van der Waals surface area contributed by atoms with Crippen LogP contribution in [-0.2, 0) is 0 Å². The van der Waals surface area contributed by atoms with Gasteiger partial charge in [-0.3, -0.25) is 4.79 Å². The van der Waals surface area contributed by atoms with Crippen LogP contribution in [0.2, 0.25) is 2.82 Å². The van der Waals surface area contributed by atoms with Crippen molar-refractivity contribution in [1.82, 2.24) is 0 Å². The van der Waals surface area contributed by atoms with Gasteiger partial charge in [-0.15, -0.1) is 0 Å². The molecule has 0 aliphatic carbocycles. The Morgan fingerprint density at radius 1 is 1.00 bits per heavy atom. The Bertz CT molecular complexity index is 1780. The summed E-state index contributed by atoms with van der Waals surface area (Å²) in [5, 5.41) is 4.02. The van der Waals surface area contributed by atoms with Crippen molar-refractivity contribution >= 4 is 34.5 Å². The summed E-state index contributed by atoms with van der Waals surface area (Å²) < 4.78 is 29.2. The minimum absolute atomic E-state index is 0.269. The monoisotopic (exact) mass is 502 g/mol. The smallest absolute Gasteiger partial charge is 0.439 e. The molecule has 1 aliphatic rings. The minimum Gasteiger partial charge on any atom is -0.439 e. The number of H-pyrrole nitrogens is 1. The molecule has 0 spiro atoms. The van der Waals surface area contributed by atoms with E-state index in [0.717, 1.165) is 22.0 Å². The predicted octanol–water partition coefficient (Wildman–Crippen LogP) is 7.31. The summed E-state index contributed by atoms with van der Waals surface area (Å²) in [6.07, 6.45) is 4.15. The summed E-state index contributed by atoms with van der Waals surface area (Å²) >= 11 is 0. The fourth-order valence-corrected chi connectivity index (χ4v) is 4.25. The second-order valence-electron chi connectivity index (χ2n) is 8.87. The van der Waals surface area contributed by atoms with E-state index in [1.807, 2.05) is 85.8 Å². The van der Waals surface area contributed by atoms with Gasteiger partial charge in [-0.2, -0.15) is 4.98 Å². The first kappa shape index (κ1) is 21.0. The second-order valence-corrected chi connectivity index (χ2v) is 8.87. The van der Waals surface area contributed by atoms with E-state index < -0.39 is 0 Å². The number of carbonyl (C=O) groups is 1. The molecule has 1 aliphatic heterocycles. The molecule has 0 radical (unpaired) electrons. The zero-order valence-electron chi connectivity index (χ0n) is 22.7. The highest BCUT2D eigenvalue weighted by Gasteiger charge is 2.20. The van der Waals surface area contributed by atoms with E-state index >= 15 is 0 Å². The van der Waals surface area contributed by atoms with E-state index in [-0.39, 0.29) is 5.91 Å². The molecule has 0 bridgehead atoms. The van der Waals surface area contributed by atoms with Gasteiger partial charge in [0.25, 0.3) is 5.91 Å². The van der Waals surface area contributed by atoms with Gasteiger partial charge in [0.1, 0.15) is 0 Å². The van der Waals surface area contributed by atoms with Crippen molar-refractivity contribution in [3.8, 4) is 16.9 Å². The van der Waals surface area contributed by atoms with E-state index in [1.54, 1.807) is 30.4 Å². The number of hydrogen-bond donors (Lipinski definition) is 2. The van der Waals surface area contributed by atoms with Gasteiger partial charge < -0.3 is 19.8 Å². The van der Waals surface area contributed by atoms with Crippen molar-refractivity contribution in [2.75, 3.05) is 10.6 Å². The number of anilines is 2. The first-order valence-corrected chi connectivity index (χ1v) is 12.4. The molecule has 5 aromatic rings. The van der Waals surface area contributed by atoms with Crippen LogP contribution in [0.4, 0.5) is 11.4 Å². The number of nitrogens with one attached hydrogen (secondary N) is 3. The molecule has 1 aromatic heterocycles. The van der Waals surface area contributed by atoms with Crippen molar-refractivity contribution in [3.05, 3.63) is 126 Å². The number of rotatable bonds is 6. The summed E-state index contributed by atoms with van der Waals surface area (Å²) in [6, 6.07) is 30.0. The summed E-state index contributed by atoms with van der Waals surface area (Å²) in [7, 11) is 0. The molecule has 1 amide bonds. The summed E-state index contributed by atoms with van der Waals surface area (Å²) in [6.45, 7) is 1.98. The molecule has 6 rings (SSSR count). The number of allylic oxidation sites excluding steroid dienone is 2. The van der Waals surface area contributed by atoms with Gasteiger partial charge in [0.2, 0.25) is 11.1 Å². The van der Waals surface area contributed by atoms with Crippen LogP contribution in [-0.4, -0.2) is 5.91 Å². The Morgan fingerprint density at radius 2 is 1.79 bits per heavy atom. The summed E-state index contributed by atoms with van der Waals surface area (Å²) in [5.74, 6) is 0.874. The summed E-state index contributed by atoms with van der Waals surface area (Å²) in [4.78, 5) is 14.0. The molecule has 0 fully saturated rings. The highest BCUT2D eigenvalue weighted by atomic mass is 16.5. The molecular weight excluding hydrogens is 474 g/mol. The van der Waals surface area contributed by atoms with Gasteiger partial charge >= 0.3 is 7.30 Å². The highest BCUT2D eigenvalue weighted by molar-refractivity contribution is 6.05. The lowest BCUT2D eigenvalue weighted by molar-refractivity contribution is -0.357. The number of oxazole rings is 1. The Labute approximate surface area is 223 Å². The van der Waals surface area contributed by atoms with E-state index in [2.05, 4.69) is 5.32 Å². The zero-order chi connectivity index (χ0) is 27.6. The van der Waals surface area contributed by atoms with Gasteiger partial charge in [0, 0.05) is 23.4 Å². The van der Waals surface area contributed by atoms with E-state index in [4.69, 9.17) is 12.0 Å². The molecule has 38 heavy (non-hydrogen) atoms. The number of aromatic amines is 1. The standard InChI is InChI=1S/C32H25N3O3/c1-2-21(17-30-34-26-19-23(13-15-28(26)37-30)22-9-5-3-6-10-22)18-31-35-27-20-24(14-16-29(27)38-31)32(36)33-25-11-7-4-8-12-25/h3-20,35H,2H2,1H3,(H,33,36)/p+1/b21-17+,31-18+/i/hD2. The normalized spacial score (nSPS) is 14.7. The zero-order valence-corrected chi connectivity index (χ0v) is 20.7. The molecule has 6 heteroatoms. The summed E-state index contributed by atoms with van der Waals surface area (Å²) in [5.41, 5.74) is 5.72. The fraction of sp³-hybridized carbons (Fsp3) is 0.0625. The van der Waals surface area contributed by atoms with Crippen molar-refractivity contribution in [3.63, 3.8) is 0 Å². The third-order valence-corrected chi connectivity index (χ3v) is 6.24. The van der Waals surface area contributed by atoms with Crippen LogP contribution in [0, 0.1) is 0 Å². The van der Waals surface area contributed by atoms with Gasteiger partial charge in [-0.05, 0) is 59.5 Å². The molecular formula is C32H26N3O3+. The Balaban J connectivity index is 1.26. The molecule has 0 unspecified atom stereocenters. The molecule has 0 saturated carbocycles.